The summed E-state index contributed by atoms with van der Waals surface area (Å²) in [6.07, 6.45) is 0. The zero-order valence-electron chi connectivity index (χ0n) is 6.88. The maximum atomic E-state index is 9.16. The summed E-state index contributed by atoms with van der Waals surface area (Å²) in [5, 5.41) is 9.16. The van der Waals surface area contributed by atoms with Gasteiger partial charge in [0, 0.05) is 16.8 Å². The summed E-state index contributed by atoms with van der Waals surface area (Å²) in [7, 11) is 0. The van der Waals surface area contributed by atoms with Crippen molar-refractivity contribution >= 4 is 27.3 Å². The quantitative estimate of drug-likeness (QED) is 0.858. The zero-order chi connectivity index (χ0) is 9.19. The second kappa shape index (κ2) is 3.87. The van der Waals surface area contributed by atoms with Crippen LogP contribution >= 0.6 is 27.3 Å². The number of halogens is 1. The number of hydrogen-bond acceptors (Lipinski definition) is 3. The lowest BCUT2D eigenvalue weighted by Crippen LogP contribution is -2.34. The van der Waals surface area contributed by atoms with Crippen LogP contribution in [0.25, 0.3) is 0 Å². The largest absolute Gasteiger partial charge is 0.395 e. The van der Waals surface area contributed by atoms with Crippen LogP contribution in [0.4, 0.5) is 0 Å². The van der Waals surface area contributed by atoms with E-state index in [1.165, 1.54) is 0 Å². The smallest absolute Gasteiger partial charge is 0.0701 e. The molecule has 1 rings (SSSR count). The molecular formula is C8H12BrNOS. The minimum absolute atomic E-state index is 0.0937. The van der Waals surface area contributed by atoms with Crippen molar-refractivity contribution in [3.63, 3.8) is 0 Å². The Balaban J connectivity index is 2.94. The first-order valence-corrected chi connectivity index (χ1v) is 5.30. The van der Waals surface area contributed by atoms with Crippen molar-refractivity contribution < 1.29 is 5.11 Å². The lowest BCUT2D eigenvalue weighted by atomic mass is 9.90. The van der Waals surface area contributed by atoms with Crippen LogP contribution in [-0.4, -0.2) is 18.3 Å². The molecule has 1 aromatic rings. The van der Waals surface area contributed by atoms with E-state index >= 15 is 0 Å². The Kier molecular flexibility index (Phi) is 3.29. The van der Waals surface area contributed by atoms with Gasteiger partial charge >= 0.3 is 0 Å². The summed E-state index contributed by atoms with van der Waals surface area (Å²) in [6, 6.07) is 3.97. The summed E-state index contributed by atoms with van der Waals surface area (Å²) < 4.78 is 1.07. The third-order valence-corrected chi connectivity index (χ3v) is 3.90. The van der Waals surface area contributed by atoms with Crippen LogP contribution in [0.5, 0.6) is 0 Å². The fourth-order valence-electron chi connectivity index (χ4n) is 0.882. The summed E-state index contributed by atoms with van der Waals surface area (Å²) in [6.45, 7) is 2.53. The first-order valence-electron chi connectivity index (χ1n) is 3.69. The third-order valence-electron chi connectivity index (χ3n) is 1.97. The molecule has 0 amide bonds. The van der Waals surface area contributed by atoms with Crippen molar-refractivity contribution in [3.8, 4) is 0 Å². The van der Waals surface area contributed by atoms with Gasteiger partial charge in [-0.25, -0.2) is 0 Å². The molecule has 0 aliphatic heterocycles. The Labute approximate surface area is 84.5 Å². The van der Waals surface area contributed by atoms with Gasteiger partial charge in [0.05, 0.1) is 10.4 Å². The van der Waals surface area contributed by atoms with E-state index in [1.54, 1.807) is 11.3 Å². The topological polar surface area (TPSA) is 46.2 Å². The van der Waals surface area contributed by atoms with Crippen LogP contribution in [0.1, 0.15) is 11.8 Å². The molecule has 68 valence electrons. The molecule has 0 saturated heterocycles. The SMILES string of the molecule is CC(CN)(CO)c1ccc(Br)s1. The van der Waals surface area contributed by atoms with E-state index in [-0.39, 0.29) is 12.0 Å². The highest BCUT2D eigenvalue weighted by Gasteiger charge is 2.25. The number of aliphatic hydroxyl groups excluding tert-OH is 1. The normalized spacial score (nSPS) is 16.0. The zero-order valence-corrected chi connectivity index (χ0v) is 9.28. The monoisotopic (exact) mass is 249 g/mol. The van der Waals surface area contributed by atoms with E-state index in [0.717, 1.165) is 8.66 Å². The van der Waals surface area contributed by atoms with E-state index in [0.29, 0.717) is 6.54 Å². The fourth-order valence-corrected chi connectivity index (χ4v) is 2.41. The van der Waals surface area contributed by atoms with Gasteiger partial charge in [0.25, 0.3) is 0 Å². The van der Waals surface area contributed by atoms with Gasteiger partial charge in [0.1, 0.15) is 0 Å². The molecule has 0 bridgehead atoms. The summed E-state index contributed by atoms with van der Waals surface area (Å²) in [5.74, 6) is 0. The molecule has 3 N–H and O–H groups in total. The van der Waals surface area contributed by atoms with Crippen LogP contribution in [0.3, 0.4) is 0 Å². The van der Waals surface area contributed by atoms with Crippen LogP contribution in [0, 0.1) is 0 Å². The molecule has 0 aromatic carbocycles. The average molecular weight is 250 g/mol. The van der Waals surface area contributed by atoms with E-state index in [2.05, 4.69) is 15.9 Å². The number of aliphatic hydroxyl groups is 1. The number of rotatable bonds is 3. The molecule has 1 heterocycles. The van der Waals surface area contributed by atoms with Gasteiger partial charge < -0.3 is 10.8 Å². The lowest BCUT2D eigenvalue weighted by molar-refractivity contribution is 0.213. The van der Waals surface area contributed by atoms with Gasteiger partial charge in [-0.15, -0.1) is 11.3 Å². The Bertz CT molecular complexity index is 257. The Morgan fingerprint density at radius 2 is 2.33 bits per heavy atom. The van der Waals surface area contributed by atoms with E-state index in [1.807, 2.05) is 19.1 Å². The first kappa shape index (κ1) is 10.2. The predicted molar refractivity (Wildman–Crippen MR) is 55.5 cm³/mol. The molecule has 0 aliphatic carbocycles. The molecule has 0 saturated carbocycles. The summed E-state index contributed by atoms with van der Waals surface area (Å²) >= 11 is 5.00. The molecule has 1 atom stereocenters. The lowest BCUT2D eigenvalue weighted by Gasteiger charge is -2.23. The van der Waals surface area contributed by atoms with E-state index in [9.17, 15) is 0 Å². The molecule has 0 spiro atoms. The van der Waals surface area contributed by atoms with Crippen LogP contribution in [0.2, 0.25) is 0 Å². The Morgan fingerprint density at radius 3 is 2.67 bits per heavy atom. The van der Waals surface area contributed by atoms with Crippen LogP contribution in [0.15, 0.2) is 15.9 Å². The van der Waals surface area contributed by atoms with Gasteiger partial charge in [0.15, 0.2) is 0 Å². The molecule has 4 heteroatoms. The van der Waals surface area contributed by atoms with Crippen molar-refractivity contribution in [1.82, 2.24) is 0 Å². The highest BCUT2D eigenvalue weighted by Crippen LogP contribution is 2.31. The van der Waals surface area contributed by atoms with Gasteiger partial charge in [-0.2, -0.15) is 0 Å². The maximum Gasteiger partial charge on any atom is 0.0701 e. The summed E-state index contributed by atoms with van der Waals surface area (Å²) in [5.41, 5.74) is 5.31. The highest BCUT2D eigenvalue weighted by atomic mass is 79.9. The maximum absolute atomic E-state index is 9.16. The molecule has 2 nitrogen and oxygen atoms in total. The number of hydrogen-bond donors (Lipinski definition) is 2. The second-order valence-electron chi connectivity index (χ2n) is 3.03. The van der Waals surface area contributed by atoms with Crippen molar-refractivity contribution in [2.24, 2.45) is 5.73 Å². The average Bonchev–Trinajstić information content (AvgIpc) is 2.51. The van der Waals surface area contributed by atoms with Crippen molar-refractivity contribution in [3.05, 3.63) is 20.8 Å². The molecule has 0 aliphatic rings. The van der Waals surface area contributed by atoms with Gasteiger partial charge in [-0.1, -0.05) is 6.92 Å². The number of thiophene rings is 1. The van der Waals surface area contributed by atoms with Crippen molar-refractivity contribution in [1.29, 1.82) is 0 Å². The molecule has 1 aromatic heterocycles. The van der Waals surface area contributed by atoms with Crippen molar-refractivity contribution in [2.45, 2.75) is 12.3 Å². The van der Waals surface area contributed by atoms with Gasteiger partial charge in [-0.3, -0.25) is 0 Å². The second-order valence-corrected chi connectivity index (χ2v) is 5.49. The molecule has 1 unspecified atom stereocenters. The highest BCUT2D eigenvalue weighted by molar-refractivity contribution is 9.11. The Morgan fingerprint density at radius 1 is 1.67 bits per heavy atom. The fraction of sp³-hybridized carbons (Fsp3) is 0.500. The van der Waals surface area contributed by atoms with E-state index < -0.39 is 0 Å². The van der Waals surface area contributed by atoms with Crippen molar-refractivity contribution in [2.75, 3.05) is 13.2 Å². The van der Waals surface area contributed by atoms with Crippen LogP contribution in [-0.2, 0) is 5.41 Å². The van der Waals surface area contributed by atoms with Gasteiger partial charge in [0.2, 0.25) is 0 Å². The third kappa shape index (κ3) is 1.88. The summed E-state index contributed by atoms with van der Waals surface area (Å²) in [4.78, 5) is 1.12. The minimum Gasteiger partial charge on any atom is -0.395 e. The molecule has 12 heavy (non-hydrogen) atoms. The van der Waals surface area contributed by atoms with Crippen LogP contribution < -0.4 is 5.73 Å². The first-order chi connectivity index (χ1) is 5.62. The Hall–Kier alpha value is 0.1000. The minimum atomic E-state index is -0.281. The van der Waals surface area contributed by atoms with E-state index in [4.69, 9.17) is 10.8 Å². The predicted octanol–water partition coefficient (Wildman–Crippen LogP) is 1.72. The molecule has 0 radical (unpaired) electrons. The number of nitrogens with two attached hydrogens (primary N) is 1. The van der Waals surface area contributed by atoms with Gasteiger partial charge in [-0.05, 0) is 28.1 Å². The molecular weight excluding hydrogens is 238 g/mol. The molecule has 0 fully saturated rings. The standard InChI is InChI=1S/C8H12BrNOS/c1-8(4-10,5-11)6-2-3-7(9)12-6/h2-3,11H,4-5,10H2,1H3.